The minimum absolute atomic E-state index is 0.740. The summed E-state index contributed by atoms with van der Waals surface area (Å²) in [5.74, 6) is 0.883. The van der Waals surface area contributed by atoms with Crippen molar-refractivity contribution in [3.8, 4) is 5.75 Å². The van der Waals surface area contributed by atoms with Crippen molar-refractivity contribution >= 4 is 0 Å². The smallest absolute Gasteiger partial charge is 0.122 e. The third-order valence-electron chi connectivity index (χ3n) is 3.06. The van der Waals surface area contributed by atoms with Crippen molar-refractivity contribution in [2.45, 2.75) is 46.1 Å². The standard InChI is InChI=1S/C14H22O2/c1-6-7-14(4,15)12-8-11(3)13(16-5)9-10(12)2/h8-9,15H,6-7H2,1-5H3. The molecule has 0 aliphatic carbocycles. The maximum Gasteiger partial charge on any atom is 0.122 e. The van der Waals surface area contributed by atoms with E-state index in [4.69, 9.17) is 4.74 Å². The molecule has 2 nitrogen and oxygen atoms in total. The highest BCUT2D eigenvalue weighted by molar-refractivity contribution is 5.43. The lowest BCUT2D eigenvalue weighted by atomic mass is 9.87. The Morgan fingerprint density at radius 3 is 2.38 bits per heavy atom. The first-order valence-corrected chi connectivity index (χ1v) is 5.80. The second-order valence-electron chi connectivity index (χ2n) is 4.66. The molecule has 0 amide bonds. The highest BCUT2D eigenvalue weighted by Gasteiger charge is 2.24. The van der Waals surface area contributed by atoms with E-state index in [0.717, 1.165) is 35.3 Å². The van der Waals surface area contributed by atoms with Crippen LogP contribution in [0.3, 0.4) is 0 Å². The van der Waals surface area contributed by atoms with E-state index in [1.165, 1.54) is 0 Å². The van der Waals surface area contributed by atoms with Gasteiger partial charge in [0.1, 0.15) is 5.75 Å². The molecule has 0 aliphatic rings. The van der Waals surface area contributed by atoms with E-state index in [-0.39, 0.29) is 0 Å². The second-order valence-corrected chi connectivity index (χ2v) is 4.66. The quantitative estimate of drug-likeness (QED) is 0.846. The van der Waals surface area contributed by atoms with Crippen LogP contribution in [0.15, 0.2) is 12.1 Å². The summed E-state index contributed by atoms with van der Waals surface area (Å²) in [6, 6.07) is 4.03. The third-order valence-corrected chi connectivity index (χ3v) is 3.06. The van der Waals surface area contributed by atoms with Gasteiger partial charge in [-0.3, -0.25) is 0 Å². The van der Waals surface area contributed by atoms with E-state index in [2.05, 4.69) is 6.92 Å². The third kappa shape index (κ3) is 2.56. The number of benzene rings is 1. The summed E-state index contributed by atoms with van der Waals surface area (Å²) in [6.45, 7) is 7.98. The van der Waals surface area contributed by atoms with E-state index in [9.17, 15) is 5.11 Å². The monoisotopic (exact) mass is 222 g/mol. The van der Waals surface area contributed by atoms with Crippen LogP contribution in [0.2, 0.25) is 0 Å². The zero-order valence-corrected chi connectivity index (χ0v) is 10.9. The van der Waals surface area contributed by atoms with Gasteiger partial charge in [0.05, 0.1) is 12.7 Å². The molecule has 0 heterocycles. The van der Waals surface area contributed by atoms with Gasteiger partial charge in [0.25, 0.3) is 0 Å². The number of rotatable bonds is 4. The molecule has 90 valence electrons. The van der Waals surface area contributed by atoms with Crippen LogP contribution in [0, 0.1) is 13.8 Å². The summed E-state index contributed by atoms with van der Waals surface area (Å²) < 4.78 is 5.27. The zero-order chi connectivity index (χ0) is 12.3. The highest BCUT2D eigenvalue weighted by Crippen LogP contribution is 2.32. The van der Waals surface area contributed by atoms with Gasteiger partial charge in [-0.05, 0) is 56.0 Å². The molecule has 0 saturated heterocycles. The summed E-state index contributed by atoms with van der Waals surface area (Å²) in [7, 11) is 1.67. The topological polar surface area (TPSA) is 29.5 Å². The predicted octanol–water partition coefficient (Wildman–Crippen LogP) is 3.32. The lowest BCUT2D eigenvalue weighted by Gasteiger charge is -2.26. The Kier molecular flexibility index (Phi) is 3.98. The highest BCUT2D eigenvalue weighted by atomic mass is 16.5. The predicted molar refractivity (Wildman–Crippen MR) is 66.9 cm³/mol. The van der Waals surface area contributed by atoms with Gasteiger partial charge in [-0.25, -0.2) is 0 Å². The summed E-state index contributed by atoms with van der Waals surface area (Å²) in [5, 5.41) is 10.4. The fourth-order valence-electron chi connectivity index (χ4n) is 2.21. The van der Waals surface area contributed by atoms with Crippen molar-refractivity contribution < 1.29 is 9.84 Å². The van der Waals surface area contributed by atoms with Crippen molar-refractivity contribution in [3.05, 3.63) is 28.8 Å². The Labute approximate surface area is 98.3 Å². The Hall–Kier alpha value is -1.02. The molecule has 0 bridgehead atoms. The minimum Gasteiger partial charge on any atom is -0.496 e. The van der Waals surface area contributed by atoms with Gasteiger partial charge in [0.2, 0.25) is 0 Å². The van der Waals surface area contributed by atoms with Crippen molar-refractivity contribution in [1.29, 1.82) is 0 Å². The van der Waals surface area contributed by atoms with Crippen LogP contribution >= 0.6 is 0 Å². The molecule has 0 saturated carbocycles. The summed E-state index contributed by atoms with van der Waals surface area (Å²) in [5.41, 5.74) is 2.42. The van der Waals surface area contributed by atoms with E-state index < -0.39 is 5.60 Å². The summed E-state index contributed by atoms with van der Waals surface area (Å²) in [4.78, 5) is 0. The van der Waals surface area contributed by atoms with Crippen LogP contribution < -0.4 is 4.74 Å². The summed E-state index contributed by atoms with van der Waals surface area (Å²) in [6.07, 6.45) is 1.75. The molecule has 1 rings (SSSR count). The molecule has 1 aromatic rings. The molecular formula is C14H22O2. The summed E-state index contributed by atoms with van der Waals surface area (Å²) >= 11 is 0. The molecule has 1 aromatic carbocycles. The molecule has 0 radical (unpaired) electrons. The van der Waals surface area contributed by atoms with Crippen molar-refractivity contribution in [3.63, 3.8) is 0 Å². The molecule has 1 N–H and O–H groups in total. The second kappa shape index (κ2) is 4.88. The number of aryl methyl sites for hydroxylation is 2. The van der Waals surface area contributed by atoms with Crippen molar-refractivity contribution in [2.75, 3.05) is 7.11 Å². The van der Waals surface area contributed by atoms with Crippen molar-refractivity contribution in [2.24, 2.45) is 0 Å². The Morgan fingerprint density at radius 1 is 1.25 bits per heavy atom. The van der Waals surface area contributed by atoms with E-state index in [1.54, 1.807) is 7.11 Å². The lowest BCUT2D eigenvalue weighted by Crippen LogP contribution is -2.22. The fraction of sp³-hybridized carbons (Fsp3) is 0.571. The Morgan fingerprint density at radius 2 is 1.88 bits per heavy atom. The first-order chi connectivity index (χ1) is 7.42. The van der Waals surface area contributed by atoms with Crippen LogP contribution in [0.1, 0.15) is 43.4 Å². The van der Waals surface area contributed by atoms with Gasteiger partial charge in [-0.15, -0.1) is 0 Å². The molecule has 16 heavy (non-hydrogen) atoms. The van der Waals surface area contributed by atoms with Gasteiger partial charge in [0, 0.05) is 0 Å². The molecular weight excluding hydrogens is 200 g/mol. The number of ether oxygens (including phenoxy) is 1. The lowest BCUT2D eigenvalue weighted by molar-refractivity contribution is 0.0462. The van der Waals surface area contributed by atoms with Gasteiger partial charge in [-0.1, -0.05) is 13.3 Å². The van der Waals surface area contributed by atoms with Crippen LogP contribution in [0.5, 0.6) is 5.75 Å². The molecule has 1 atom stereocenters. The SMILES string of the molecule is CCCC(C)(O)c1cc(C)c(OC)cc1C. The van der Waals surface area contributed by atoms with Gasteiger partial charge < -0.3 is 9.84 Å². The number of hydrogen-bond donors (Lipinski definition) is 1. The average molecular weight is 222 g/mol. The molecule has 2 heteroatoms. The van der Waals surface area contributed by atoms with Gasteiger partial charge in [0.15, 0.2) is 0 Å². The average Bonchev–Trinajstić information content (AvgIpc) is 2.20. The molecule has 1 unspecified atom stereocenters. The first-order valence-electron chi connectivity index (χ1n) is 5.80. The van der Waals surface area contributed by atoms with Crippen LogP contribution in [0.25, 0.3) is 0 Å². The van der Waals surface area contributed by atoms with E-state index >= 15 is 0 Å². The molecule has 0 aliphatic heterocycles. The fourth-order valence-corrected chi connectivity index (χ4v) is 2.21. The number of hydrogen-bond acceptors (Lipinski definition) is 2. The van der Waals surface area contributed by atoms with Crippen LogP contribution in [-0.2, 0) is 5.60 Å². The van der Waals surface area contributed by atoms with Crippen molar-refractivity contribution in [1.82, 2.24) is 0 Å². The van der Waals surface area contributed by atoms with E-state index in [1.807, 2.05) is 32.9 Å². The van der Waals surface area contributed by atoms with E-state index in [0.29, 0.717) is 0 Å². The van der Waals surface area contributed by atoms with Gasteiger partial charge >= 0.3 is 0 Å². The van der Waals surface area contributed by atoms with Gasteiger partial charge in [-0.2, -0.15) is 0 Å². The first kappa shape index (κ1) is 13.0. The zero-order valence-electron chi connectivity index (χ0n) is 10.9. The maximum absolute atomic E-state index is 10.4. The van der Waals surface area contributed by atoms with Crippen LogP contribution in [0.4, 0.5) is 0 Å². The number of methoxy groups -OCH3 is 1. The number of aliphatic hydroxyl groups is 1. The molecule has 0 fully saturated rings. The minimum atomic E-state index is -0.740. The maximum atomic E-state index is 10.4. The normalized spacial score (nSPS) is 14.6. The molecule has 0 aromatic heterocycles. The largest absolute Gasteiger partial charge is 0.496 e. The van der Waals surface area contributed by atoms with Crippen LogP contribution in [-0.4, -0.2) is 12.2 Å². The Bertz CT molecular complexity index is 367. The molecule has 0 spiro atoms. The Balaban J connectivity index is 3.20.